The number of amides is 1. The monoisotopic (exact) mass is 159 g/mol. The highest BCUT2D eigenvalue weighted by atomic mass is 16.5. The zero-order valence-corrected chi connectivity index (χ0v) is 6.38. The lowest BCUT2D eigenvalue weighted by Crippen LogP contribution is -2.28. The highest BCUT2D eigenvalue weighted by Crippen LogP contribution is 2.14. The first-order valence-electron chi connectivity index (χ1n) is 3.87. The SMILES string of the molecule is O=C(CC1CCCCO1)NO. The van der Waals surface area contributed by atoms with Crippen LogP contribution in [-0.2, 0) is 9.53 Å². The van der Waals surface area contributed by atoms with Gasteiger partial charge in [-0.05, 0) is 19.3 Å². The fraction of sp³-hybridized carbons (Fsp3) is 0.857. The maximum absolute atomic E-state index is 10.6. The first-order valence-corrected chi connectivity index (χ1v) is 3.87. The molecule has 0 saturated carbocycles. The predicted molar refractivity (Wildman–Crippen MR) is 38.1 cm³/mol. The van der Waals surface area contributed by atoms with Crippen LogP contribution >= 0.6 is 0 Å². The molecular weight excluding hydrogens is 146 g/mol. The third-order valence-electron chi connectivity index (χ3n) is 1.81. The van der Waals surface area contributed by atoms with Crippen molar-refractivity contribution in [1.82, 2.24) is 5.48 Å². The summed E-state index contributed by atoms with van der Waals surface area (Å²) in [5.41, 5.74) is 1.59. The van der Waals surface area contributed by atoms with Gasteiger partial charge in [-0.3, -0.25) is 10.0 Å². The minimum Gasteiger partial charge on any atom is -0.378 e. The van der Waals surface area contributed by atoms with Gasteiger partial charge in [0, 0.05) is 6.61 Å². The number of rotatable bonds is 2. The van der Waals surface area contributed by atoms with Crippen molar-refractivity contribution in [3.05, 3.63) is 0 Å². The molecule has 1 unspecified atom stereocenters. The van der Waals surface area contributed by atoms with Crippen LogP contribution in [0.15, 0.2) is 0 Å². The number of ether oxygens (including phenoxy) is 1. The van der Waals surface area contributed by atoms with Crippen molar-refractivity contribution in [3.63, 3.8) is 0 Å². The van der Waals surface area contributed by atoms with E-state index in [1.54, 1.807) is 5.48 Å². The van der Waals surface area contributed by atoms with E-state index in [1.807, 2.05) is 0 Å². The molecule has 4 heteroatoms. The molecule has 0 aliphatic carbocycles. The van der Waals surface area contributed by atoms with Crippen LogP contribution in [0, 0.1) is 0 Å². The van der Waals surface area contributed by atoms with Gasteiger partial charge < -0.3 is 4.74 Å². The molecule has 0 radical (unpaired) electrons. The number of hydrogen-bond acceptors (Lipinski definition) is 3. The molecule has 0 spiro atoms. The Morgan fingerprint density at radius 2 is 2.45 bits per heavy atom. The van der Waals surface area contributed by atoms with E-state index >= 15 is 0 Å². The highest BCUT2D eigenvalue weighted by molar-refractivity contribution is 5.75. The fourth-order valence-electron chi connectivity index (χ4n) is 1.22. The fourth-order valence-corrected chi connectivity index (χ4v) is 1.22. The minimum atomic E-state index is -0.364. The minimum absolute atomic E-state index is 0.0101. The summed E-state index contributed by atoms with van der Waals surface area (Å²) in [5.74, 6) is -0.364. The summed E-state index contributed by atoms with van der Waals surface area (Å²) in [6, 6.07) is 0. The molecule has 0 aromatic rings. The van der Waals surface area contributed by atoms with Crippen molar-refractivity contribution in [3.8, 4) is 0 Å². The third kappa shape index (κ3) is 2.86. The zero-order chi connectivity index (χ0) is 8.10. The van der Waals surface area contributed by atoms with Crippen LogP contribution in [0.25, 0.3) is 0 Å². The van der Waals surface area contributed by atoms with Crippen molar-refractivity contribution in [2.45, 2.75) is 31.8 Å². The van der Waals surface area contributed by atoms with E-state index in [4.69, 9.17) is 9.94 Å². The van der Waals surface area contributed by atoms with Gasteiger partial charge in [-0.1, -0.05) is 0 Å². The zero-order valence-electron chi connectivity index (χ0n) is 6.38. The predicted octanol–water partition coefficient (Wildman–Crippen LogP) is 0.451. The maximum Gasteiger partial charge on any atom is 0.245 e. The molecule has 64 valence electrons. The third-order valence-corrected chi connectivity index (χ3v) is 1.81. The van der Waals surface area contributed by atoms with Crippen LogP contribution in [0.4, 0.5) is 0 Å². The first-order chi connectivity index (χ1) is 5.33. The van der Waals surface area contributed by atoms with Gasteiger partial charge in [-0.15, -0.1) is 0 Å². The molecule has 0 aromatic carbocycles. The molecule has 2 N–H and O–H groups in total. The lowest BCUT2D eigenvalue weighted by molar-refractivity contribution is -0.133. The summed E-state index contributed by atoms with van der Waals surface area (Å²) < 4.78 is 5.28. The van der Waals surface area contributed by atoms with Gasteiger partial charge in [0.25, 0.3) is 0 Å². The Labute approximate surface area is 65.5 Å². The lowest BCUT2D eigenvalue weighted by atomic mass is 10.1. The van der Waals surface area contributed by atoms with E-state index in [9.17, 15) is 4.79 Å². The highest BCUT2D eigenvalue weighted by Gasteiger charge is 2.16. The molecule has 1 fully saturated rings. The standard InChI is InChI=1S/C7H13NO3/c9-7(8-10)5-6-3-1-2-4-11-6/h6,10H,1-5H2,(H,8,9). The summed E-state index contributed by atoms with van der Waals surface area (Å²) in [7, 11) is 0. The van der Waals surface area contributed by atoms with Crippen molar-refractivity contribution in [2.24, 2.45) is 0 Å². The van der Waals surface area contributed by atoms with Crippen LogP contribution in [0.3, 0.4) is 0 Å². The summed E-state index contributed by atoms with van der Waals surface area (Å²) in [4.78, 5) is 10.6. The maximum atomic E-state index is 10.6. The number of carbonyl (C=O) groups excluding carboxylic acids is 1. The summed E-state index contributed by atoms with van der Waals surface area (Å²) in [6.07, 6.45) is 3.40. The van der Waals surface area contributed by atoms with Gasteiger partial charge in [0.15, 0.2) is 0 Å². The van der Waals surface area contributed by atoms with E-state index < -0.39 is 0 Å². The van der Waals surface area contributed by atoms with Gasteiger partial charge in [0.2, 0.25) is 5.91 Å². The number of hydrogen-bond donors (Lipinski definition) is 2. The Morgan fingerprint density at radius 1 is 1.64 bits per heavy atom. The first kappa shape index (κ1) is 8.49. The Kier molecular flexibility index (Phi) is 3.32. The van der Waals surface area contributed by atoms with Gasteiger partial charge >= 0.3 is 0 Å². The Bertz CT molecular complexity index is 132. The van der Waals surface area contributed by atoms with Gasteiger partial charge in [-0.2, -0.15) is 0 Å². The molecule has 1 saturated heterocycles. The van der Waals surface area contributed by atoms with E-state index in [0.717, 1.165) is 25.9 Å². The molecule has 1 amide bonds. The Morgan fingerprint density at radius 3 is 3.00 bits per heavy atom. The Hall–Kier alpha value is -0.610. The summed E-state index contributed by atoms with van der Waals surface area (Å²) in [6.45, 7) is 0.739. The van der Waals surface area contributed by atoms with E-state index in [0.29, 0.717) is 0 Å². The quantitative estimate of drug-likeness (QED) is 0.454. The topological polar surface area (TPSA) is 58.6 Å². The average molecular weight is 159 g/mol. The molecule has 1 aliphatic rings. The normalized spacial score (nSPS) is 24.6. The molecule has 0 bridgehead atoms. The smallest absolute Gasteiger partial charge is 0.245 e. The lowest BCUT2D eigenvalue weighted by Gasteiger charge is -2.21. The molecule has 0 aromatic heterocycles. The second-order valence-electron chi connectivity index (χ2n) is 2.73. The van der Waals surface area contributed by atoms with Crippen molar-refractivity contribution in [2.75, 3.05) is 6.61 Å². The molecule has 1 atom stereocenters. The van der Waals surface area contributed by atoms with Crippen molar-refractivity contribution in [1.29, 1.82) is 0 Å². The molecule has 11 heavy (non-hydrogen) atoms. The van der Waals surface area contributed by atoms with Gasteiger partial charge in [0.05, 0.1) is 12.5 Å². The van der Waals surface area contributed by atoms with Crippen LogP contribution in [-0.4, -0.2) is 23.8 Å². The second-order valence-corrected chi connectivity index (χ2v) is 2.73. The second kappa shape index (κ2) is 4.31. The average Bonchev–Trinajstić information content (AvgIpc) is 2.06. The number of hydroxylamine groups is 1. The van der Waals surface area contributed by atoms with Crippen molar-refractivity contribution >= 4 is 5.91 Å². The van der Waals surface area contributed by atoms with E-state index in [1.165, 1.54) is 0 Å². The summed E-state index contributed by atoms with van der Waals surface area (Å²) >= 11 is 0. The van der Waals surface area contributed by atoms with Crippen molar-refractivity contribution < 1.29 is 14.7 Å². The van der Waals surface area contributed by atoms with Crippen LogP contribution in [0.1, 0.15) is 25.7 Å². The molecule has 1 aliphatic heterocycles. The number of carbonyl (C=O) groups is 1. The number of nitrogens with one attached hydrogen (secondary N) is 1. The molecule has 1 heterocycles. The van der Waals surface area contributed by atoms with E-state index in [-0.39, 0.29) is 18.4 Å². The molecule has 1 rings (SSSR count). The van der Waals surface area contributed by atoms with Gasteiger partial charge in [-0.25, -0.2) is 5.48 Å². The van der Waals surface area contributed by atoms with E-state index in [2.05, 4.69) is 0 Å². The van der Waals surface area contributed by atoms with Crippen LogP contribution < -0.4 is 5.48 Å². The Balaban J connectivity index is 2.19. The molecule has 4 nitrogen and oxygen atoms in total. The molecular formula is C7H13NO3. The van der Waals surface area contributed by atoms with Crippen LogP contribution in [0.5, 0.6) is 0 Å². The van der Waals surface area contributed by atoms with Crippen LogP contribution in [0.2, 0.25) is 0 Å². The largest absolute Gasteiger partial charge is 0.378 e. The van der Waals surface area contributed by atoms with Gasteiger partial charge in [0.1, 0.15) is 0 Å². The summed E-state index contributed by atoms with van der Waals surface area (Å²) in [5, 5.41) is 8.21.